The van der Waals surface area contributed by atoms with Crippen molar-refractivity contribution in [2.75, 3.05) is 5.75 Å². The van der Waals surface area contributed by atoms with Gasteiger partial charge in [-0.2, -0.15) is 0 Å². The Morgan fingerprint density at radius 3 is 2.71 bits per heavy atom. The predicted molar refractivity (Wildman–Crippen MR) is 38.8 cm³/mol. The van der Waals surface area contributed by atoms with Crippen molar-refractivity contribution in [2.24, 2.45) is 0 Å². The summed E-state index contributed by atoms with van der Waals surface area (Å²) in [6, 6.07) is 0. The Bertz CT molecular complexity index is 51.7. The van der Waals surface area contributed by atoms with Crippen LogP contribution in [0.4, 0.5) is 0 Å². The van der Waals surface area contributed by atoms with Gasteiger partial charge >= 0.3 is 0 Å². The summed E-state index contributed by atoms with van der Waals surface area (Å²) in [5.41, 5.74) is 0. The summed E-state index contributed by atoms with van der Waals surface area (Å²) in [4.78, 5) is 0. The van der Waals surface area contributed by atoms with Crippen molar-refractivity contribution in [3.05, 3.63) is 0 Å². The van der Waals surface area contributed by atoms with Crippen LogP contribution in [0.15, 0.2) is 0 Å². The lowest BCUT2D eigenvalue weighted by molar-refractivity contribution is 0.872. The van der Waals surface area contributed by atoms with E-state index in [1.807, 2.05) is 21.6 Å². The van der Waals surface area contributed by atoms with Crippen molar-refractivity contribution < 1.29 is 0 Å². The second kappa shape index (κ2) is 2.93. The highest BCUT2D eigenvalue weighted by molar-refractivity contribution is 8.77. The summed E-state index contributed by atoms with van der Waals surface area (Å²) >= 11 is 0. The number of hydrogen-bond donors (Lipinski definition) is 0. The molecule has 0 amide bonds. The molecule has 0 saturated carbocycles. The zero-order valence-electron chi connectivity index (χ0n) is 4.09. The third kappa shape index (κ3) is 2.00. The standard InChI is InChI=1S/C4H7BS2/c5-4-2-1-3-6-7-4/h4H,1-3H2. The first-order valence-electron chi connectivity index (χ1n) is 2.43. The molecular formula is C4H7BS2. The highest BCUT2D eigenvalue weighted by Crippen LogP contribution is 2.33. The molecule has 0 bridgehead atoms. The van der Waals surface area contributed by atoms with Crippen LogP contribution in [0, 0.1) is 0 Å². The van der Waals surface area contributed by atoms with Gasteiger partial charge in [0.25, 0.3) is 0 Å². The van der Waals surface area contributed by atoms with E-state index in [0.29, 0.717) is 5.15 Å². The minimum Gasteiger partial charge on any atom is -0.100 e. The minimum absolute atomic E-state index is 0.416. The van der Waals surface area contributed by atoms with Crippen LogP contribution in [0.1, 0.15) is 12.8 Å². The maximum Gasteiger partial charge on any atom is 0.0858 e. The van der Waals surface area contributed by atoms with Crippen LogP contribution in [0.2, 0.25) is 0 Å². The van der Waals surface area contributed by atoms with Gasteiger partial charge in [-0.3, -0.25) is 0 Å². The lowest BCUT2D eigenvalue weighted by atomic mass is 10.00. The fourth-order valence-corrected chi connectivity index (χ4v) is 2.80. The van der Waals surface area contributed by atoms with Gasteiger partial charge in [0.15, 0.2) is 0 Å². The lowest BCUT2D eigenvalue weighted by Crippen LogP contribution is -2.04. The summed E-state index contributed by atoms with van der Waals surface area (Å²) < 4.78 is 0. The zero-order chi connectivity index (χ0) is 5.11. The molecule has 38 valence electrons. The van der Waals surface area contributed by atoms with Crippen LogP contribution in [-0.4, -0.2) is 18.7 Å². The van der Waals surface area contributed by atoms with Gasteiger partial charge < -0.3 is 0 Å². The third-order valence-electron chi connectivity index (χ3n) is 0.908. The Labute approximate surface area is 53.6 Å². The molecule has 0 N–H and O–H groups in total. The van der Waals surface area contributed by atoms with Crippen molar-refractivity contribution >= 4 is 29.4 Å². The SMILES string of the molecule is [B]C1CCCSS1. The summed E-state index contributed by atoms with van der Waals surface area (Å²) in [6.07, 6.45) is 2.51. The van der Waals surface area contributed by atoms with E-state index in [0.717, 1.165) is 0 Å². The fraction of sp³-hybridized carbons (Fsp3) is 1.00. The average molecular weight is 130 g/mol. The van der Waals surface area contributed by atoms with Crippen LogP contribution in [0.5, 0.6) is 0 Å². The first-order chi connectivity index (χ1) is 3.39. The van der Waals surface area contributed by atoms with Gasteiger partial charge in [-0.1, -0.05) is 10.8 Å². The molecule has 1 rings (SSSR count). The van der Waals surface area contributed by atoms with E-state index in [1.165, 1.54) is 18.6 Å². The molecule has 0 aromatic rings. The van der Waals surface area contributed by atoms with Crippen molar-refractivity contribution in [3.8, 4) is 0 Å². The Balaban J connectivity index is 2.12. The van der Waals surface area contributed by atoms with Crippen molar-refractivity contribution in [1.29, 1.82) is 0 Å². The summed E-state index contributed by atoms with van der Waals surface area (Å²) in [5, 5.41) is 0.416. The Morgan fingerprint density at radius 2 is 2.43 bits per heavy atom. The number of hydrogen-bond acceptors (Lipinski definition) is 2. The topological polar surface area (TPSA) is 0 Å². The monoisotopic (exact) mass is 130 g/mol. The zero-order valence-corrected chi connectivity index (χ0v) is 5.73. The van der Waals surface area contributed by atoms with Gasteiger partial charge in [-0.05, 0) is 18.0 Å². The van der Waals surface area contributed by atoms with Gasteiger partial charge in [0.1, 0.15) is 0 Å². The van der Waals surface area contributed by atoms with Gasteiger partial charge in [0, 0.05) is 5.75 Å². The molecule has 1 saturated heterocycles. The first kappa shape index (κ1) is 5.89. The van der Waals surface area contributed by atoms with Crippen LogP contribution < -0.4 is 0 Å². The molecule has 7 heavy (non-hydrogen) atoms. The fourth-order valence-electron chi connectivity index (χ4n) is 0.527. The molecule has 1 unspecified atom stereocenters. The van der Waals surface area contributed by atoms with Gasteiger partial charge in [0.2, 0.25) is 0 Å². The van der Waals surface area contributed by atoms with Crippen LogP contribution >= 0.6 is 21.6 Å². The Kier molecular flexibility index (Phi) is 2.46. The molecule has 2 radical (unpaired) electrons. The summed E-state index contributed by atoms with van der Waals surface area (Å²) in [7, 11) is 9.28. The number of rotatable bonds is 0. The van der Waals surface area contributed by atoms with Gasteiger partial charge in [0.05, 0.1) is 7.85 Å². The second-order valence-electron chi connectivity index (χ2n) is 1.60. The van der Waals surface area contributed by atoms with E-state index in [2.05, 4.69) is 0 Å². The molecule has 0 aromatic heterocycles. The average Bonchev–Trinajstić information content (AvgIpc) is 1.69. The molecular weight excluding hydrogens is 123 g/mol. The summed E-state index contributed by atoms with van der Waals surface area (Å²) in [6.45, 7) is 0. The molecule has 1 aliphatic heterocycles. The molecule has 3 heteroatoms. The Hall–Kier alpha value is 0.765. The van der Waals surface area contributed by atoms with Crippen molar-refractivity contribution in [3.63, 3.8) is 0 Å². The third-order valence-corrected chi connectivity index (χ3v) is 3.63. The quantitative estimate of drug-likeness (QED) is 0.361. The van der Waals surface area contributed by atoms with E-state index in [1.54, 1.807) is 0 Å². The van der Waals surface area contributed by atoms with E-state index < -0.39 is 0 Å². The second-order valence-corrected chi connectivity index (χ2v) is 4.33. The molecule has 1 atom stereocenters. The molecule has 0 nitrogen and oxygen atoms in total. The van der Waals surface area contributed by atoms with E-state index in [-0.39, 0.29) is 0 Å². The van der Waals surface area contributed by atoms with Crippen molar-refractivity contribution in [1.82, 2.24) is 0 Å². The van der Waals surface area contributed by atoms with Crippen molar-refractivity contribution in [2.45, 2.75) is 18.0 Å². The maximum atomic E-state index is 5.58. The van der Waals surface area contributed by atoms with E-state index in [9.17, 15) is 0 Å². The molecule has 1 aliphatic rings. The molecule has 1 heterocycles. The first-order valence-corrected chi connectivity index (χ1v) is 4.81. The lowest BCUT2D eigenvalue weighted by Gasteiger charge is -2.14. The predicted octanol–water partition coefficient (Wildman–Crippen LogP) is 1.66. The van der Waals surface area contributed by atoms with Gasteiger partial charge in [-0.25, -0.2) is 0 Å². The highest BCUT2D eigenvalue weighted by Gasteiger charge is 2.06. The largest absolute Gasteiger partial charge is 0.100 e. The molecule has 0 aliphatic carbocycles. The highest BCUT2D eigenvalue weighted by atomic mass is 33.1. The molecule has 0 aromatic carbocycles. The smallest absolute Gasteiger partial charge is 0.0858 e. The minimum atomic E-state index is 0.416. The van der Waals surface area contributed by atoms with E-state index in [4.69, 9.17) is 7.85 Å². The summed E-state index contributed by atoms with van der Waals surface area (Å²) in [5.74, 6) is 1.29. The van der Waals surface area contributed by atoms with Crippen LogP contribution in [0.3, 0.4) is 0 Å². The maximum absolute atomic E-state index is 5.58. The normalized spacial score (nSPS) is 32.9. The van der Waals surface area contributed by atoms with Crippen LogP contribution in [0.25, 0.3) is 0 Å². The molecule has 0 spiro atoms. The van der Waals surface area contributed by atoms with Gasteiger partial charge in [-0.15, -0.1) is 10.8 Å². The van der Waals surface area contributed by atoms with E-state index >= 15 is 0 Å². The Morgan fingerprint density at radius 1 is 1.57 bits per heavy atom. The van der Waals surface area contributed by atoms with Crippen LogP contribution in [-0.2, 0) is 0 Å². The molecule has 1 fully saturated rings.